The van der Waals surface area contributed by atoms with E-state index in [-0.39, 0.29) is 13.2 Å². The van der Waals surface area contributed by atoms with Crippen molar-refractivity contribution in [2.75, 3.05) is 24.7 Å². The normalized spacial score (nSPS) is 14.7. The van der Waals surface area contributed by atoms with E-state index >= 15 is 0 Å². The maximum atomic E-state index is 9.21. The van der Waals surface area contributed by atoms with Gasteiger partial charge in [-0.25, -0.2) is 18.6 Å². The fourth-order valence-electron chi connectivity index (χ4n) is 3.63. The molecule has 10 nitrogen and oxygen atoms in total. The number of ether oxygens (including phenoxy) is 2. The van der Waals surface area contributed by atoms with Crippen molar-refractivity contribution in [3.8, 4) is 5.75 Å². The van der Waals surface area contributed by atoms with E-state index in [0.717, 1.165) is 47.4 Å². The number of halogens is 1. The third-order valence-electron chi connectivity index (χ3n) is 5.05. The van der Waals surface area contributed by atoms with E-state index in [1.165, 1.54) is 0 Å². The van der Waals surface area contributed by atoms with Gasteiger partial charge in [-0.3, -0.25) is 0 Å². The zero-order chi connectivity index (χ0) is 26.1. The van der Waals surface area contributed by atoms with Crippen LogP contribution < -0.4 is 32.8 Å². The quantitative estimate of drug-likeness (QED) is 0.239. The third-order valence-corrected chi connectivity index (χ3v) is 5.05. The Labute approximate surface area is 210 Å². The van der Waals surface area contributed by atoms with Crippen molar-refractivity contribution < 1.29 is 52.4 Å². The summed E-state index contributed by atoms with van der Waals surface area (Å²) in [6.07, 6.45) is 7.45. The minimum atomic E-state index is -4.94. The topological polar surface area (TPSA) is 151 Å². The first-order chi connectivity index (χ1) is 17.2. The van der Waals surface area contributed by atoms with Crippen LogP contribution in [0, 0.1) is 10.2 Å². The fourth-order valence-corrected chi connectivity index (χ4v) is 3.63. The van der Waals surface area contributed by atoms with Gasteiger partial charge >= 0.3 is 5.89 Å². The Hall–Kier alpha value is -3.38. The number of aliphatic hydroxyl groups is 1. The highest BCUT2D eigenvalue weighted by Gasteiger charge is 2.24. The van der Waals surface area contributed by atoms with E-state index in [1.54, 1.807) is 0 Å². The van der Waals surface area contributed by atoms with Crippen molar-refractivity contribution in [1.29, 1.82) is 0 Å². The summed E-state index contributed by atoms with van der Waals surface area (Å²) in [5.74, 6) is 2.90. The number of benzene rings is 2. The van der Waals surface area contributed by atoms with Crippen molar-refractivity contribution in [3.05, 3.63) is 84.3 Å². The Bertz CT molecular complexity index is 1240. The van der Waals surface area contributed by atoms with Gasteiger partial charge in [0.05, 0.1) is 18.4 Å². The highest BCUT2D eigenvalue weighted by molar-refractivity contribution is 5.69. The standard InChI is InChI=1S/C25H27N2O4.ClHO4/c1-3-26-20-9-5-7-11-22(20)30-24(26)15-13-19(29-18-17-28)14-16-25-27(4-2)21-10-6-8-12-23(21)31-25;2-1(3,4)5/h5-16,28H,3-4,17-18H2,1-2H3;(H,2,3,4,5)/q+1;/p-1. The molecule has 192 valence electrons. The molecule has 36 heavy (non-hydrogen) atoms. The first-order valence-corrected chi connectivity index (χ1v) is 12.4. The maximum absolute atomic E-state index is 9.21. The summed E-state index contributed by atoms with van der Waals surface area (Å²) in [5, 5.41) is 9.21. The van der Waals surface area contributed by atoms with Crippen LogP contribution in [0.25, 0.3) is 17.2 Å². The molecule has 0 fully saturated rings. The number of allylic oxidation sites excluding steroid dienone is 3. The summed E-state index contributed by atoms with van der Waals surface area (Å²) in [6, 6.07) is 15.9. The Balaban J connectivity index is 0.000000658. The molecule has 2 aromatic carbocycles. The highest BCUT2D eigenvalue weighted by Crippen LogP contribution is 2.38. The second kappa shape index (κ2) is 12.5. The molecule has 0 radical (unpaired) electrons. The first-order valence-electron chi connectivity index (χ1n) is 11.2. The lowest BCUT2D eigenvalue weighted by molar-refractivity contribution is -2.00. The van der Waals surface area contributed by atoms with Gasteiger partial charge in [0.2, 0.25) is 11.5 Å². The van der Waals surface area contributed by atoms with Crippen molar-refractivity contribution in [3.63, 3.8) is 0 Å². The number of hydrogen-bond donors (Lipinski definition) is 1. The molecule has 11 heteroatoms. The van der Waals surface area contributed by atoms with Gasteiger partial charge in [0.15, 0.2) is 5.75 Å². The van der Waals surface area contributed by atoms with Crippen LogP contribution in [0.15, 0.2) is 82.8 Å². The number of rotatable bonds is 8. The number of anilines is 1. The summed E-state index contributed by atoms with van der Waals surface area (Å²) in [6.45, 7) is 5.87. The van der Waals surface area contributed by atoms with Crippen LogP contribution in [-0.2, 0) is 11.3 Å². The van der Waals surface area contributed by atoms with Crippen LogP contribution in [0.1, 0.15) is 19.7 Å². The zero-order valence-electron chi connectivity index (χ0n) is 19.8. The van der Waals surface area contributed by atoms with Crippen molar-refractivity contribution in [2.45, 2.75) is 20.4 Å². The summed E-state index contributed by atoms with van der Waals surface area (Å²) >= 11 is 0. The molecule has 0 amide bonds. The van der Waals surface area contributed by atoms with E-state index in [0.29, 0.717) is 5.76 Å². The molecule has 0 saturated heterocycles. The monoisotopic (exact) mass is 518 g/mol. The molecule has 1 aliphatic rings. The molecule has 1 aliphatic heterocycles. The minimum absolute atomic E-state index is 0.0651. The predicted molar refractivity (Wildman–Crippen MR) is 120 cm³/mol. The van der Waals surface area contributed by atoms with E-state index < -0.39 is 10.2 Å². The molecule has 0 bridgehead atoms. The molecule has 3 aromatic rings. The Morgan fingerprint density at radius 3 is 2.47 bits per heavy atom. The van der Waals surface area contributed by atoms with Gasteiger partial charge < -0.3 is 23.9 Å². The predicted octanol–water partition coefficient (Wildman–Crippen LogP) is -0.349. The van der Waals surface area contributed by atoms with E-state index in [1.807, 2.05) is 72.8 Å². The Morgan fingerprint density at radius 2 is 1.78 bits per heavy atom. The average Bonchev–Trinajstić information content (AvgIpc) is 3.39. The van der Waals surface area contributed by atoms with E-state index in [4.69, 9.17) is 32.5 Å². The van der Waals surface area contributed by atoms with Gasteiger partial charge in [0, 0.05) is 18.7 Å². The van der Waals surface area contributed by atoms with E-state index in [2.05, 4.69) is 23.3 Å². The summed E-state index contributed by atoms with van der Waals surface area (Å²) in [7, 11) is -4.94. The lowest BCUT2D eigenvalue weighted by Gasteiger charge is -2.17. The summed E-state index contributed by atoms with van der Waals surface area (Å²) in [5.41, 5.74) is 2.93. The van der Waals surface area contributed by atoms with Gasteiger partial charge in [-0.2, -0.15) is 4.57 Å². The largest absolute Gasteiger partial charge is 0.491 e. The van der Waals surface area contributed by atoms with Gasteiger partial charge in [0.25, 0.3) is 5.52 Å². The molecule has 0 spiro atoms. The van der Waals surface area contributed by atoms with Gasteiger partial charge in [0.1, 0.15) is 18.9 Å². The molecule has 1 aromatic heterocycles. The van der Waals surface area contributed by atoms with Crippen molar-refractivity contribution in [2.24, 2.45) is 0 Å². The van der Waals surface area contributed by atoms with Crippen LogP contribution in [0.3, 0.4) is 0 Å². The van der Waals surface area contributed by atoms with Crippen molar-refractivity contribution >= 4 is 22.9 Å². The molecule has 0 aliphatic carbocycles. The SMILES string of the molecule is CCN1/C(=C/C=C(/C=C/c2oc3ccccc3[n+]2CC)OCCO)Oc2ccccc21.[O-][Cl+3]([O-])([O-])[O-]. The Morgan fingerprint density at radius 1 is 1.08 bits per heavy atom. The van der Waals surface area contributed by atoms with Crippen molar-refractivity contribution in [1.82, 2.24) is 0 Å². The molecule has 1 N–H and O–H groups in total. The lowest BCUT2D eigenvalue weighted by Crippen LogP contribution is -2.68. The molecule has 0 unspecified atom stereocenters. The number of fused-ring (bicyclic) bond motifs is 2. The van der Waals surface area contributed by atoms with Gasteiger partial charge in [-0.1, -0.05) is 24.3 Å². The van der Waals surface area contributed by atoms with Gasteiger partial charge in [-0.15, -0.1) is 10.2 Å². The van der Waals surface area contributed by atoms with Gasteiger partial charge in [-0.05, 0) is 44.2 Å². The maximum Gasteiger partial charge on any atom is 0.374 e. The number of hydrogen-bond acceptors (Lipinski definition) is 9. The summed E-state index contributed by atoms with van der Waals surface area (Å²) in [4.78, 5) is 2.10. The fraction of sp³-hybridized carbons (Fsp3) is 0.240. The second-order valence-corrected chi connectivity index (χ2v) is 8.08. The zero-order valence-corrected chi connectivity index (χ0v) is 20.6. The van der Waals surface area contributed by atoms with Crippen LogP contribution in [0.4, 0.5) is 5.69 Å². The number of oxazole rings is 1. The molecule has 4 rings (SSSR count). The molecule has 2 heterocycles. The number of aryl methyl sites for hydroxylation is 1. The molecule has 0 saturated carbocycles. The molecular formula is C25H27ClN2O8. The van der Waals surface area contributed by atoms with Crippen LogP contribution in [0.5, 0.6) is 5.75 Å². The summed E-state index contributed by atoms with van der Waals surface area (Å²) < 4.78 is 53.8. The third kappa shape index (κ3) is 7.31. The van der Waals surface area contributed by atoms with Crippen LogP contribution in [0.2, 0.25) is 0 Å². The second-order valence-electron chi connectivity index (χ2n) is 7.32. The number of aromatic nitrogens is 1. The molecule has 0 atom stereocenters. The van der Waals surface area contributed by atoms with Crippen LogP contribution in [-0.4, -0.2) is 24.9 Å². The lowest BCUT2D eigenvalue weighted by atomic mass is 10.3. The van der Waals surface area contributed by atoms with E-state index in [9.17, 15) is 5.11 Å². The number of nitrogens with zero attached hydrogens (tertiary/aromatic N) is 2. The van der Waals surface area contributed by atoms with Crippen LogP contribution >= 0.6 is 0 Å². The highest BCUT2D eigenvalue weighted by atomic mass is 35.7. The smallest absolute Gasteiger partial charge is 0.374 e. The number of aliphatic hydroxyl groups excluding tert-OH is 1. The minimum Gasteiger partial charge on any atom is -0.491 e. The number of para-hydroxylation sites is 4. The first kappa shape index (κ1) is 27.2. The Kier molecular flexibility index (Phi) is 9.48. The molecular weight excluding hydrogens is 492 g/mol. The average molecular weight is 519 g/mol.